The first-order valence-electron chi connectivity index (χ1n) is 11.9. The van der Waals surface area contributed by atoms with Crippen LogP contribution in [0.2, 0.25) is 0 Å². The van der Waals surface area contributed by atoms with Gasteiger partial charge >= 0.3 is 6.18 Å². The van der Waals surface area contributed by atoms with Crippen molar-refractivity contribution < 1.29 is 21.6 Å². The zero-order chi connectivity index (χ0) is 25.7. The summed E-state index contributed by atoms with van der Waals surface area (Å²) >= 11 is 1.10. The molecule has 1 atom stereocenters. The molecule has 2 aliphatic heterocycles. The molecule has 0 radical (unpaired) electrons. The van der Waals surface area contributed by atoms with E-state index in [1.165, 1.54) is 6.26 Å². The molecule has 0 amide bonds. The summed E-state index contributed by atoms with van der Waals surface area (Å²) in [6.07, 6.45) is -1.88. The van der Waals surface area contributed by atoms with E-state index in [4.69, 9.17) is 0 Å². The van der Waals surface area contributed by atoms with Gasteiger partial charge in [-0.25, -0.2) is 18.4 Å². The van der Waals surface area contributed by atoms with Crippen LogP contribution in [0.4, 0.5) is 19.0 Å². The van der Waals surface area contributed by atoms with Gasteiger partial charge in [0.15, 0.2) is 9.84 Å². The van der Waals surface area contributed by atoms with Gasteiger partial charge in [0, 0.05) is 42.7 Å². The molecule has 1 aromatic carbocycles. The molecule has 3 aromatic rings. The van der Waals surface area contributed by atoms with Crippen molar-refractivity contribution in [1.29, 1.82) is 0 Å². The van der Waals surface area contributed by atoms with Crippen LogP contribution < -0.4 is 4.90 Å². The lowest BCUT2D eigenvalue weighted by Gasteiger charge is -2.25. The largest absolute Gasteiger partial charge is 0.393 e. The van der Waals surface area contributed by atoms with E-state index in [0.717, 1.165) is 73.8 Å². The third-order valence-electron chi connectivity index (χ3n) is 7.02. The van der Waals surface area contributed by atoms with Gasteiger partial charge in [-0.05, 0) is 43.5 Å². The topological polar surface area (TPSA) is 66.4 Å². The van der Waals surface area contributed by atoms with Gasteiger partial charge in [0.1, 0.15) is 16.5 Å². The predicted octanol–water partition coefficient (Wildman–Crippen LogP) is 4.75. The minimum absolute atomic E-state index is 0.0492. The number of benzene rings is 1. The first-order chi connectivity index (χ1) is 16.9. The molecular formula is C25H29F3N4O2S2. The maximum absolute atomic E-state index is 13.0. The van der Waals surface area contributed by atoms with Crippen molar-refractivity contribution >= 4 is 37.2 Å². The van der Waals surface area contributed by atoms with E-state index in [-0.39, 0.29) is 16.0 Å². The van der Waals surface area contributed by atoms with Crippen molar-refractivity contribution in [2.75, 3.05) is 37.3 Å². The number of nitrogens with zero attached hydrogens (tertiary/aromatic N) is 4. The Balaban J connectivity index is 1.27. The molecule has 1 spiro atoms. The normalized spacial score (nSPS) is 21.3. The highest BCUT2D eigenvalue weighted by molar-refractivity contribution is 7.89. The van der Waals surface area contributed by atoms with Gasteiger partial charge in [-0.15, -0.1) is 11.3 Å². The van der Waals surface area contributed by atoms with Gasteiger partial charge in [0.25, 0.3) is 0 Å². The molecule has 2 saturated heterocycles. The van der Waals surface area contributed by atoms with Gasteiger partial charge < -0.3 is 4.90 Å². The Morgan fingerprint density at radius 1 is 1.06 bits per heavy atom. The summed E-state index contributed by atoms with van der Waals surface area (Å²) in [6.45, 7) is 6.17. The van der Waals surface area contributed by atoms with E-state index in [1.807, 2.05) is 24.3 Å². The molecule has 2 aromatic heterocycles. The van der Waals surface area contributed by atoms with Gasteiger partial charge in [-0.2, -0.15) is 13.2 Å². The molecule has 0 saturated carbocycles. The lowest BCUT2D eigenvalue weighted by molar-refractivity contribution is -0.126. The van der Waals surface area contributed by atoms with Crippen LogP contribution in [0, 0.1) is 12.3 Å². The van der Waals surface area contributed by atoms with Crippen molar-refractivity contribution in [2.24, 2.45) is 5.41 Å². The molecule has 6 nitrogen and oxygen atoms in total. The summed E-state index contributed by atoms with van der Waals surface area (Å²) in [5.74, 6) is 1.37. The van der Waals surface area contributed by atoms with Gasteiger partial charge in [-0.1, -0.05) is 24.3 Å². The number of halogens is 3. The fourth-order valence-corrected chi connectivity index (χ4v) is 7.40. The number of alkyl halides is 3. The van der Waals surface area contributed by atoms with Crippen LogP contribution in [0.15, 0.2) is 30.3 Å². The Morgan fingerprint density at radius 2 is 1.75 bits per heavy atom. The Hall–Kier alpha value is -2.24. The fourth-order valence-electron chi connectivity index (χ4n) is 5.50. The third-order valence-corrected chi connectivity index (χ3v) is 8.91. The minimum atomic E-state index is -4.25. The third kappa shape index (κ3) is 5.84. The first-order valence-corrected chi connectivity index (χ1v) is 14.8. The number of aryl methyl sites for hydroxylation is 1. The number of thiophene rings is 1. The lowest BCUT2D eigenvalue weighted by Crippen LogP contribution is -2.31. The van der Waals surface area contributed by atoms with Crippen LogP contribution >= 0.6 is 11.3 Å². The molecule has 5 rings (SSSR count). The fraction of sp³-hybridized carbons (Fsp3) is 0.520. The smallest absolute Gasteiger partial charge is 0.355 e. The van der Waals surface area contributed by atoms with Crippen LogP contribution in [0.1, 0.15) is 34.7 Å². The van der Waals surface area contributed by atoms with Gasteiger partial charge in [-0.3, -0.25) is 4.90 Å². The second-order valence-corrected chi connectivity index (χ2v) is 13.6. The maximum atomic E-state index is 13.0. The number of sulfone groups is 1. The van der Waals surface area contributed by atoms with E-state index in [2.05, 4.69) is 19.8 Å². The molecule has 0 bridgehead atoms. The van der Waals surface area contributed by atoms with Crippen LogP contribution in [-0.4, -0.2) is 61.9 Å². The van der Waals surface area contributed by atoms with E-state index >= 15 is 0 Å². The van der Waals surface area contributed by atoms with E-state index in [0.29, 0.717) is 16.0 Å². The second-order valence-electron chi connectivity index (χ2n) is 10.3. The summed E-state index contributed by atoms with van der Waals surface area (Å²) in [5.41, 5.74) is 2.08. The van der Waals surface area contributed by atoms with E-state index in [9.17, 15) is 21.6 Å². The Bertz CT molecular complexity index is 1370. The number of anilines is 1. The maximum Gasteiger partial charge on any atom is 0.393 e. The molecule has 0 aliphatic carbocycles. The number of fused-ring (bicyclic) bond motifs is 1. The molecule has 2 fully saturated rings. The summed E-state index contributed by atoms with van der Waals surface area (Å²) in [7, 11) is -3.05. The Morgan fingerprint density at radius 3 is 2.44 bits per heavy atom. The Labute approximate surface area is 213 Å². The van der Waals surface area contributed by atoms with Crippen molar-refractivity contribution in [2.45, 2.75) is 44.7 Å². The van der Waals surface area contributed by atoms with Crippen LogP contribution in [-0.2, 0) is 28.6 Å². The van der Waals surface area contributed by atoms with Crippen LogP contribution in [0.3, 0.4) is 0 Å². The minimum Gasteiger partial charge on any atom is -0.355 e. The molecule has 11 heteroatoms. The Kier molecular flexibility index (Phi) is 6.53. The monoisotopic (exact) mass is 538 g/mol. The number of likely N-dealkylation sites (tertiary alicyclic amines) is 1. The highest BCUT2D eigenvalue weighted by Gasteiger charge is 2.44. The molecular weight excluding hydrogens is 509 g/mol. The van der Waals surface area contributed by atoms with Crippen LogP contribution in [0.5, 0.6) is 0 Å². The molecule has 36 heavy (non-hydrogen) atoms. The summed E-state index contributed by atoms with van der Waals surface area (Å²) in [4.78, 5) is 14.6. The zero-order valence-corrected chi connectivity index (χ0v) is 21.9. The highest BCUT2D eigenvalue weighted by Crippen LogP contribution is 2.43. The number of hydrogen-bond acceptors (Lipinski definition) is 7. The molecule has 4 heterocycles. The van der Waals surface area contributed by atoms with Crippen molar-refractivity contribution in [3.63, 3.8) is 0 Å². The van der Waals surface area contributed by atoms with Crippen molar-refractivity contribution in [3.05, 3.63) is 52.2 Å². The highest BCUT2D eigenvalue weighted by atomic mass is 32.2. The summed E-state index contributed by atoms with van der Waals surface area (Å²) in [5, 5.41) is 0.714. The molecule has 2 aliphatic rings. The number of rotatable bonds is 6. The van der Waals surface area contributed by atoms with Gasteiger partial charge in [0.2, 0.25) is 0 Å². The SMILES string of the molecule is Cc1nc(N2CCC3(CCN(Cc4ccc(CS(C)(=O)=O)cc4)C3)C2)c2cc(CC(F)(F)F)sc2n1. The average molecular weight is 539 g/mol. The summed E-state index contributed by atoms with van der Waals surface area (Å²) < 4.78 is 61.9. The number of hydrogen-bond donors (Lipinski definition) is 0. The van der Waals surface area contributed by atoms with E-state index in [1.54, 1.807) is 13.0 Å². The molecule has 0 N–H and O–H groups in total. The van der Waals surface area contributed by atoms with Crippen molar-refractivity contribution in [3.8, 4) is 0 Å². The van der Waals surface area contributed by atoms with E-state index < -0.39 is 22.4 Å². The second kappa shape index (κ2) is 9.25. The van der Waals surface area contributed by atoms with Gasteiger partial charge in [0.05, 0.1) is 17.6 Å². The molecule has 1 unspecified atom stereocenters. The average Bonchev–Trinajstić information content (AvgIpc) is 3.45. The number of aromatic nitrogens is 2. The zero-order valence-electron chi connectivity index (χ0n) is 20.3. The first kappa shape index (κ1) is 25.4. The van der Waals surface area contributed by atoms with Crippen LogP contribution in [0.25, 0.3) is 10.2 Å². The predicted molar refractivity (Wildman–Crippen MR) is 136 cm³/mol. The molecule has 194 valence electrons. The lowest BCUT2D eigenvalue weighted by atomic mass is 9.86. The van der Waals surface area contributed by atoms with Crippen molar-refractivity contribution in [1.82, 2.24) is 14.9 Å². The summed E-state index contributed by atoms with van der Waals surface area (Å²) in [6, 6.07) is 9.39. The quantitative estimate of drug-likeness (QED) is 0.451. The standard InChI is InChI=1S/C25H29F3N4O2S2/c1-17-29-22(21-11-20(12-25(26,27)28)35-23(21)30-17)32-10-8-24(16-32)7-9-31(15-24)13-18-3-5-19(6-4-18)14-36(2,33)34/h3-6,11H,7-10,12-16H2,1-2H3.